The SMILES string of the molecule is CC(C)C1=CC23CCC4C(C)(C(=O)OCC(O)N(C)C)CCCC4(C)C2CC1C(C(=O)OCC(O)N(C)C)C3. The number of aliphatic hydroxyl groups excluding tert-OH is 2. The van der Waals surface area contributed by atoms with Crippen LogP contribution in [-0.2, 0) is 19.1 Å². The summed E-state index contributed by atoms with van der Waals surface area (Å²) in [6.45, 7) is 8.89. The number of allylic oxidation sites excluding steroid dienone is 2. The van der Waals surface area contributed by atoms with Crippen LogP contribution < -0.4 is 0 Å². The van der Waals surface area contributed by atoms with Gasteiger partial charge in [-0.2, -0.15) is 0 Å². The number of ether oxygens (including phenoxy) is 2. The van der Waals surface area contributed by atoms with Gasteiger partial charge in [-0.05, 0) is 108 Å². The number of hydrogen-bond donors (Lipinski definition) is 2. The van der Waals surface area contributed by atoms with Crippen LogP contribution in [0, 0.1) is 45.8 Å². The molecular formula is C31H52N2O6. The van der Waals surface area contributed by atoms with Crippen molar-refractivity contribution in [2.45, 2.75) is 85.1 Å². The van der Waals surface area contributed by atoms with E-state index in [0.717, 1.165) is 44.9 Å². The first-order chi connectivity index (χ1) is 18.2. The van der Waals surface area contributed by atoms with Crippen molar-refractivity contribution >= 4 is 11.9 Å². The molecule has 2 N–H and O–H groups in total. The maximum Gasteiger partial charge on any atom is 0.312 e. The van der Waals surface area contributed by atoms with Crippen molar-refractivity contribution in [3.05, 3.63) is 11.6 Å². The second-order valence-corrected chi connectivity index (χ2v) is 14.2. The number of likely N-dealkylation sites (N-methyl/N-ethyl adjacent to an activating group) is 2. The van der Waals surface area contributed by atoms with Crippen molar-refractivity contribution in [1.82, 2.24) is 9.80 Å². The zero-order chi connectivity index (χ0) is 28.9. The molecule has 5 aliphatic rings. The average Bonchev–Trinajstić information content (AvgIpc) is 2.88. The van der Waals surface area contributed by atoms with Crippen LogP contribution in [0.3, 0.4) is 0 Å². The van der Waals surface area contributed by atoms with Gasteiger partial charge < -0.3 is 19.7 Å². The molecular weight excluding hydrogens is 496 g/mol. The molecule has 3 saturated carbocycles. The Bertz CT molecular complexity index is 965. The van der Waals surface area contributed by atoms with Crippen LogP contribution in [0.25, 0.3) is 0 Å². The molecule has 0 saturated heterocycles. The molecule has 5 rings (SSSR count). The minimum atomic E-state index is -0.814. The minimum absolute atomic E-state index is 0.0189. The zero-order valence-electron chi connectivity index (χ0n) is 25.4. The van der Waals surface area contributed by atoms with Gasteiger partial charge >= 0.3 is 11.9 Å². The Hall–Kier alpha value is -1.48. The molecule has 0 amide bonds. The Kier molecular flexibility index (Phi) is 8.65. The number of nitrogens with zero attached hydrogens (tertiary/aromatic N) is 2. The summed E-state index contributed by atoms with van der Waals surface area (Å²) in [7, 11) is 7.06. The van der Waals surface area contributed by atoms with Crippen molar-refractivity contribution in [2.24, 2.45) is 45.8 Å². The molecule has 1 spiro atoms. The van der Waals surface area contributed by atoms with E-state index in [9.17, 15) is 19.8 Å². The summed E-state index contributed by atoms with van der Waals surface area (Å²) in [5, 5.41) is 20.4. The normalized spacial score (nSPS) is 39.2. The molecule has 0 aromatic rings. The largest absolute Gasteiger partial charge is 0.461 e. The summed E-state index contributed by atoms with van der Waals surface area (Å²) in [4.78, 5) is 30.3. The molecule has 3 fully saturated rings. The van der Waals surface area contributed by atoms with Crippen LogP contribution in [0.2, 0.25) is 0 Å². The summed E-state index contributed by atoms with van der Waals surface area (Å²) in [5.74, 6) is 0.527. The van der Waals surface area contributed by atoms with Gasteiger partial charge in [0, 0.05) is 0 Å². The molecule has 39 heavy (non-hydrogen) atoms. The highest BCUT2D eigenvalue weighted by molar-refractivity contribution is 5.77. The van der Waals surface area contributed by atoms with Crippen molar-refractivity contribution in [1.29, 1.82) is 0 Å². The Morgan fingerprint density at radius 2 is 1.59 bits per heavy atom. The van der Waals surface area contributed by atoms with Crippen LogP contribution in [-0.4, -0.2) is 85.8 Å². The Balaban J connectivity index is 1.59. The highest BCUT2D eigenvalue weighted by Gasteiger charge is 2.66. The third-order valence-corrected chi connectivity index (χ3v) is 11.2. The van der Waals surface area contributed by atoms with Crippen LogP contribution in [0.4, 0.5) is 0 Å². The lowest BCUT2D eigenvalue weighted by Crippen LogP contribution is -2.62. The van der Waals surface area contributed by atoms with Gasteiger partial charge in [0.1, 0.15) is 25.7 Å². The van der Waals surface area contributed by atoms with Crippen molar-refractivity contribution in [3.63, 3.8) is 0 Å². The van der Waals surface area contributed by atoms with Gasteiger partial charge in [-0.25, -0.2) is 0 Å². The molecule has 9 atom stereocenters. The summed E-state index contributed by atoms with van der Waals surface area (Å²) in [6.07, 6.45) is 7.37. The number of hydrogen-bond acceptors (Lipinski definition) is 8. The molecule has 0 aromatic heterocycles. The van der Waals surface area contributed by atoms with E-state index < -0.39 is 17.9 Å². The van der Waals surface area contributed by atoms with Gasteiger partial charge in [0.25, 0.3) is 0 Å². The summed E-state index contributed by atoms with van der Waals surface area (Å²) < 4.78 is 11.4. The standard InChI is InChI=1S/C31H52N2O6/c1-19(2)21-15-31-13-10-23-29(3,11-9-12-30(23,4)28(37)39-18-26(35)33(7)8)24(31)14-20(21)22(16-31)27(36)38-17-25(34)32(5)6/h15,19-20,22-26,34-35H,9-14,16-18H2,1-8H3. The van der Waals surface area contributed by atoms with Gasteiger partial charge in [-0.1, -0.05) is 38.8 Å². The molecule has 8 heteroatoms. The van der Waals surface area contributed by atoms with Gasteiger partial charge in [-0.15, -0.1) is 0 Å². The monoisotopic (exact) mass is 548 g/mol. The topological polar surface area (TPSA) is 99.5 Å². The predicted molar refractivity (Wildman–Crippen MR) is 149 cm³/mol. The first kappa shape index (κ1) is 30.5. The van der Waals surface area contributed by atoms with Gasteiger partial charge in [-0.3, -0.25) is 19.4 Å². The average molecular weight is 549 g/mol. The molecule has 5 aliphatic carbocycles. The van der Waals surface area contributed by atoms with Crippen molar-refractivity contribution in [2.75, 3.05) is 41.4 Å². The molecule has 8 nitrogen and oxygen atoms in total. The fourth-order valence-corrected chi connectivity index (χ4v) is 8.94. The number of carbonyl (C=O) groups excluding carboxylic acids is 2. The first-order valence-corrected chi connectivity index (χ1v) is 14.9. The molecule has 0 radical (unpaired) electrons. The lowest BCUT2D eigenvalue weighted by molar-refractivity contribution is -0.196. The molecule has 0 aromatic carbocycles. The van der Waals surface area contributed by atoms with E-state index in [1.807, 2.05) is 0 Å². The Morgan fingerprint density at radius 3 is 2.18 bits per heavy atom. The van der Waals surface area contributed by atoms with Crippen LogP contribution in [0.15, 0.2) is 11.6 Å². The van der Waals surface area contributed by atoms with Crippen molar-refractivity contribution < 1.29 is 29.3 Å². The maximum absolute atomic E-state index is 13.6. The van der Waals surface area contributed by atoms with Gasteiger partial charge in [0.15, 0.2) is 0 Å². The molecule has 0 aliphatic heterocycles. The Labute approximate surface area is 235 Å². The first-order valence-electron chi connectivity index (χ1n) is 14.9. The summed E-state index contributed by atoms with van der Waals surface area (Å²) in [6, 6.07) is 0. The van der Waals surface area contributed by atoms with Gasteiger partial charge in [0.05, 0.1) is 11.3 Å². The third kappa shape index (κ3) is 5.31. The second-order valence-electron chi connectivity index (χ2n) is 14.2. The lowest BCUT2D eigenvalue weighted by Gasteiger charge is -2.67. The fraction of sp³-hybridized carbons (Fsp3) is 0.871. The molecule has 0 heterocycles. The highest BCUT2D eigenvalue weighted by atomic mass is 16.5. The van der Waals surface area contributed by atoms with E-state index in [1.54, 1.807) is 38.0 Å². The molecule has 2 bridgehead atoms. The smallest absolute Gasteiger partial charge is 0.312 e. The van der Waals surface area contributed by atoms with Gasteiger partial charge in [0.2, 0.25) is 0 Å². The number of aliphatic hydroxyl groups is 2. The zero-order valence-corrected chi connectivity index (χ0v) is 25.4. The van der Waals surface area contributed by atoms with Crippen LogP contribution in [0.5, 0.6) is 0 Å². The summed E-state index contributed by atoms with van der Waals surface area (Å²) in [5.41, 5.74) is 0.692. The van der Waals surface area contributed by atoms with E-state index in [0.29, 0.717) is 11.8 Å². The van der Waals surface area contributed by atoms with Crippen molar-refractivity contribution in [3.8, 4) is 0 Å². The summed E-state index contributed by atoms with van der Waals surface area (Å²) >= 11 is 0. The predicted octanol–water partition coefficient (Wildman–Crippen LogP) is 3.66. The Morgan fingerprint density at radius 1 is 0.974 bits per heavy atom. The van der Waals surface area contributed by atoms with E-state index in [2.05, 4.69) is 33.8 Å². The van der Waals surface area contributed by atoms with Crippen LogP contribution >= 0.6 is 0 Å². The van der Waals surface area contributed by atoms with E-state index in [4.69, 9.17) is 9.47 Å². The number of fused-ring (bicyclic) bond motifs is 2. The minimum Gasteiger partial charge on any atom is -0.461 e. The highest BCUT2D eigenvalue weighted by Crippen LogP contribution is 2.72. The maximum atomic E-state index is 13.6. The molecule has 222 valence electrons. The number of rotatable bonds is 9. The molecule has 9 unspecified atom stereocenters. The van der Waals surface area contributed by atoms with E-state index in [1.165, 1.54) is 5.57 Å². The van der Waals surface area contributed by atoms with E-state index >= 15 is 0 Å². The lowest BCUT2D eigenvalue weighted by atomic mass is 9.36. The third-order valence-electron chi connectivity index (χ3n) is 11.2. The second kappa shape index (κ2) is 11.1. The fourth-order valence-electron chi connectivity index (χ4n) is 8.94. The van der Waals surface area contributed by atoms with E-state index in [-0.39, 0.29) is 53.7 Å². The number of carbonyl (C=O) groups is 2. The number of esters is 2. The quantitative estimate of drug-likeness (QED) is 0.256. The van der Waals surface area contributed by atoms with Crippen LogP contribution in [0.1, 0.15) is 72.6 Å².